The van der Waals surface area contributed by atoms with Gasteiger partial charge in [-0.1, -0.05) is 30.3 Å². The lowest BCUT2D eigenvalue weighted by molar-refractivity contribution is 0.292. The number of anilines is 1. The molecule has 0 radical (unpaired) electrons. The summed E-state index contributed by atoms with van der Waals surface area (Å²) >= 11 is 1.82. The number of rotatable bonds is 5. The molecule has 3 rings (SSSR count). The molecule has 102 valence electrons. The van der Waals surface area contributed by atoms with Gasteiger partial charge in [-0.3, -0.25) is 0 Å². The average Bonchev–Trinajstić information content (AvgIpc) is 2.92. The molecule has 0 bridgehead atoms. The van der Waals surface area contributed by atoms with Crippen LogP contribution in [0.2, 0.25) is 0 Å². The first-order valence-electron chi connectivity index (χ1n) is 6.80. The van der Waals surface area contributed by atoms with E-state index in [1.54, 1.807) is 0 Å². The van der Waals surface area contributed by atoms with Gasteiger partial charge in [0.1, 0.15) is 0 Å². The second kappa shape index (κ2) is 6.07. The Morgan fingerprint density at radius 1 is 1.00 bits per heavy atom. The summed E-state index contributed by atoms with van der Waals surface area (Å²) in [5.74, 6) is 0. The van der Waals surface area contributed by atoms with Crippen molar-refractivity contribution in [3.8, 4) is 10.4 Å². The highest BCUT2D eigenvalue weighted by Gasteiger charge is 2.03. The van der Waals surface area contributed by atoms with Crippen LogP contribution >= 0.6 is 11.3 Å². The number of fused-ring (bicyclic) bond motifs is 1. The van der Waals surface area contributed by atoms with Gasteiger partial charge >= 0.3 is 0 Å². The van der Waals surface area contributed by atoms with Crippen molar-refractivity contribution in [2.45, 2.75) is 6.42 Å². The zero-order valence-electron chi connectivity index (χ0n) is 11.2. The van der Waals surface area contributed by atoms with Crippen molar-refractivity contribution in [2.75, 3.05) is 18.5 Å². The van der Waals surface area contributed by atoms with Gasteiger partial charge in [-0.15, -0.1) is 11.3 Å². The number of benzene rings is 2. The normalized spacial score (nSPS) is 10.8. The quantitative estimate of drug-likeness (QED) is 0.682. The van der Waals surface area contributed by atoms with Crippen LogP contribution in [0.15, 0.2) is 54.6 Å². The fourth-order valence-corrected chi connectivity index (χ4v) is 3.26. The highest BCUT2D eigenvalue weighted by atomic mass is 32.1. The maximum atomic E-state index is 8.77. The zero-order chi connectivity index (χ0) is 13.8. The minimum absolute atomic E-state index is 0.229. The largest absolute Gasteiger partial charge is 0.396 e. The van der Waals surface area contributed by atoms with E-state index in [0.29, 0.717) is 0 Å². The molecule has 0 aliphatic carbocycles. The Bertz CT molecular complexity index is 655. The van der Waals surface area contributed by atoms with Crippen molar-refractivity contribution in [3.05, 3.63) is 54.6 Å². The van der Waals surface area contributed by atoms with E-state index in [4.69, 9.17) is 5.11 Å². The molecule has 2 N–H and O–H groups in total. The number of aliphatic hydroxyl groups excluding tert-OH is 1. The van der Waals surface area contributed by atoms with Gasteiger partial charge in [-0.2, -0.15) is 0 Å². The summed E-state index contributed by atoms with van der Waals surface area (Å²) in [6.45, 7) is 1.03. The van der Waals surface area contributed by atoms with E-state index in [1.807, 2.05) is 11.3 Å². The van der Waals surface area contributed by atoms with Gasteiger partial charge in [0.2, 0.25) is 0 Å². The molecule has 0 unspecified atom stereocenters. The van der Waals surface area contributed by atoms with Gasteiger partial charge in [0.15, 0.2) is 0 Å². The third-order valence-electron chi connectivity index (χ3n) is 3.26. The highest BCUT2D eigenvalue weighted by Crippen LogP contribution is 2.33. The molecular formula is C17H17NOS. The van der Waals surface area contributed by atoms with Crippen molar-refractivity contribution >= 4 is 27.1 Å². The van der Waals surface area contributed by atoms with Crippen molar-refractivity contribution in [3.63, 3.8) is 0 Å². The first-order chi connectivity index (χ1) is 9.86. The van der Waals surface area contributed by atoms with Crippen LogP contribution in [-0.4, -0.2) is 18.3 Å². The predicted octanol–water partition coefficient (Wildman–Crippen LogP) is 4.36. The summed E-state index contributed by atoms with van der Waals surface area (Å²) in [4.78, 5) is 1.30. The molecule has 0 spiro atoms. The Balaban J connectivity index is 1.79. The molecule has 1 heterocycles. The first kappa shape index (κ1) is 13.2. The van der Waals surface area contributed by atoms with Gasteiger partial charge in [-0.05, 0) is 41.6 Å². The van der Waals surface area contributed by atoms with Crippen LogP contribution in [0.5, 0.6) is 0 Å². The average molecular weight is 283 g/mol. The summed E-state index contributed by atoms with van der Waals surface area (Å²) in [5.41, 5.74) is 2.35. The third-order valence-corrected chi connectivity index (χ3v) is 4.42. The van der Waals surface area contributed by atoms with Crippen molar-refractivity contribution in [1.82, 2.24) is 0 Å². The van der Waals surface area contributed by atoms with Crippen LogP contribution in [0.1, 0.15) is 6.42 Å². The van der Waals surface area contributed by atoms with Gasteiger partial charge in [0.25, 0.3) is 0 Å². The predicted molar refractivity (Wildman–Crippen MR) is 87.5 cm³/mol. The summed E-state index contributed by atoms with van der Waals surface area (Å²) in [5, 5.41) is 13.4. The van der Waals surface area contributed by atoms with E-state index in [9.17, 15) is 0 Å². The molecule has 0 aliphatic heterocycles. The summed E-state index contributed by atoms with van der Waals surface area (Å²) < 4.78 is 1.33. The van der Waals surface area contributed by atoms with Crippen LogP contribution in [0, 0.1) is 0 Å². The Kier molecular flexibility index (Phi) is 4.00. The van der Waals surface area contributed by atoms with Crippen LogP contribution in [-0.2, 0) is 0 Å². The molecule has 2 nitrogen and oxygen atoms in total. The number of aliphatic hydroxyl groups is 1. The molecule has 0 amide bonds. The lowest BCUT2D eigenvalue weighted by Gasteiger charge is -2.05. The maximum Gasteiger partial charge on any atom is 0.0447 e. The highest BCUT2D eigenvalue weighted by molar-refractivity contribution is 7.22. The lowest BCUT2D eigenvalue weighted by Crippen LogP contribution is -2.02. The van der Waals surface area contributed by atoms with Gasteiger partial charge in [-0.25, -0.2) is 0 Å². The van der Waals surface area contributed by atoms with Crippen LogP contribution < -0.4 is 5.32 Å². The molecule has 1 aromatic heterocycles. The standard InChI is InChI=1S/C17H17NOS/c19-11-3-10-18-15-8-6-13(7-9-15)17-12-14-4-1-2-5-16(14)20-17/h1-2,4-9,12,18-19H,3,10-11H2. The minimum Gasteiger partial charge on any atom is -0.396 e. The molecule has 0 aliphatic rings. The monoisotopic (exact) mass is 283 g/mol. The fourth-order valence-electron chi connectivity index (χ4n) is 2.19. The van der Waals surface area contributed by atoms with Crippen molar-refractivity contribution < 1.29 is 5.11 Å². The minimum atomic E-state index is 0.229. The van der Waals surface area contributed by atoms with E-state index in [2.05, 4.69) is 59.9 Å². The number of hydrogen-bond acceptors (Lipinski definition) is 3. The first-order valence-corrected chi connectivity index (χ1v) is 7.62. The Hall–Kier alpha value is -1.84. The third kappa shape index (κ3) is 2.84. The van der Waals surface area contributed by atoms with E-state index in [-0.39, 0.29) is 6.61 Å². The number of thiophene rings is 1. The van der Waals surface area contributed by atoms with Crippen LogP contribution in [0.4, 0.5) is 5.69 Å². The van der Waals surface area contributed by atoms with Gasteiger partial charge in [0.05, 0.1) is 0 Å². The van der Waals surface area contributed by atoms with Gasteiger partial charge < -0.3 is 10.4 Å². The Labute approximate surface area is 122 Å². The van der Waals surface area contributed by atoms with E-state index in [1.165, 1.54) is 20.5 Å². The number of nitrogens with one attached hydrogen (secondary N) is 1. The molecule has 3 aromatic rings. The molecule has 0 saturated heterocycles. The van der Waals surface area contributed by atoms with E-state index in [0.717, 1.165) is 18.7 Å². The lowest BCUT2D eigenvalue weighted by atomic mass is 10.1. The van der Waals surface area contributed by atoms with E-state index >= 15 is 0 Å². The maximum absolute atomic E-state index is 8.77. The Morgan fingerprint density at radius 3 is 2.55 bits per heavy atom. The summed E-state index contributed by atoms with van der Waals surface area (Å²) in [6, 6.07) is 19.2. The summed E-state index contributed by atoms with van der Waals surface area (Å²) in [6.07, 6.45) is 0.776. The van der Waals surface area contributed by atoms with Crippen LogP contribution in [0.25, 0.3) is 20.5 Å². The second-order valence-corrected chi connectivity index (χ2v) is 5.81. The molecule has 0 atom stereocenters. The van der Waals surface area contributed by atoms with Crippen molar-refractivity contribution in [1.29, 1.82) is 0 Å². The van der Waals surface area contributed by atoms with Crippen molar-refractivity contribution in [2.24, 2.45) is 0 Å². The molecule has 0 saturated carbocycles. The second-order valence-electron chi connectivity index (χ2n) is 4.73. The number of hydrogen-bond donors (Lipinski definition) is 2. The molecule has 20 heavy (non-hydrogen) atoms. The SMILES string of the molecule is OCCCNc1ccc(-c2cc3ccccc3s2)cc1. The van der Waals surface area contributed by atoms with E-state index < -0.39 is 0 Å². The molecular weight excluding hydrogens is 266 g/mol. The zero-order valence-corrected chi connectivity index (χ0v) is 12.0. The molecule has 3 heteroatoms. The molecule has 2 aromatic carbocycles. The smallest absolute Gasteiger partial charge is 0.0447 e. The topological polar surface area (TPSA) is 32.3 Å². The Morgan fingerprint density at radius 2 is 1.80 bits per heavy atom. The summed E-state index contributed by atoms with van der Waals surface area (Å²) in [7, 11) is 0. The molecule has 0 fully saturated rings. The van der Waals surface area contributed by atoms with Gasteiger partial charge in [0, 0.05) is 28.4 Å². The fraction of sp³-hybridized carbons (Fsp3) is 0.176. The van der Waals surface area contributed by atoms with Crippen LogP contribution in [0.3, 0.4) is 0 Å².